The van der Waals surface area contributed by atoms with Crippen LogP contribution >= 0.6 is 0 Å². The molecule has 0 spiro atoms. The van der Waals surface area contributed by atoms with Gasteiger partial charge in [-0.3, -0.25) is 0 Å². The van der Waals surface area contributed by atoms with E-state index in [1.165, 1.54) is 6.42 Å². The molecule has 0 nitrogen and oxygen atoms in total. The van der Waals surface area contributed by atoms with E-state index in [2.05, 4.69) is 0 Å². The molecule has 0 aromatic rings. The number of hydrogen-bond acceptors (Lipinski definition) is 0. The Balaban J connectivity index is 2.33. The number of hydrogen-bond donors (Lipinski definition) is 0. The van der Waals surface area contributed by atoms with E-state index in [1.54, 1.807) is 13.3 Å². The summed E-state index contributed by atoms with van der Waals surface area (Å²) in [6.45, 7) is 1.66. The summed E-state index contributed by atoms with van der Waals surface area (Å²) < 4.78 is 12.8. The third kappa shape index (κ3) is 1.46. The smallest absolute Gasteiger partial charge is 0.111 e. The minimum absolute atomic E-state index is 0.729. The van der Waals surface area contributed by atoms with Gasteiger partial charge in [-0.1, -0.05) is 12.8 Å². The van der Waals surface area contributed by atoms with Crippen molar-refractivity contribution < 1.29 is 4.39 Å². The standard InChI is InChI=1S/C7H12F/c1-7(8)5-3-2-4-6-7/h5H,2-4,6H2,1H3. The highest BCUT2D eigenvalue weighted by Crippen LogP contribution is 2.29. The first-order valence-electron chi connectivity index (χ1n) is 3.24. The van der Waals surface area contributed by atoms with E-state index in [4.69, 9.17) is 0 Å². The van der Waals surface area contributed by atoms with Crippen molar-refractivity contribution in [3.8, 4) is 0 Å². The monoisotopic (exact) mass is 115 g/mol. The maximum atomic E-state index is 12.8. The van der Waals surface area contributed by atoms with Gasteiger partial charge in [0.25, 0.3) is 0 Å². The highest BCUT2D eigenvalue weighted by Gasteiger charge is 2.25. The van der Waals surface area contributed by atoms with Crippen LogP contribution in [0.3, 0.4) is 0 Å². The Morgan fingerprint density at radius 1 is 1.50 bits per heavy atom. The van der Waals surface area contributed by atoms with Crippen molar-refractivity contribution in [2.75, 3.05) is 0 Å². The Morgan fingerprint density at radius 3 is 2.50 bits per heavy atom. The lowest BCUT2D eigenvalue weighted by molar-refractivity contribution is 0.186. The normalized spacial score (nSPS) is 27.8. The molecule has 0 aromatic heterocycles. The van der Waals surface area contributed by atoms with Crippen LogP contribution in [-0.2, 0) is 0 Å². The van der Waals surface area contributed by atoms with Gasteiger partial charge >= 0.3 is 0 Å². The number of halogens is 1. The summed E-state index contributed by atoms with van der Waals surface area (Å²) in [5.74, 6) is 0. The van der Waals surface area contributed by atoms with Crippen molar-refractivity contribution in [3.05, 3.63) is 6.42 Å². The molecule has 1 aliphatic rings. The van der Waals surface area contributed by atoms with Gasteiger partial charge in [-0.05, 0) is 26.2 Å². The lowest BCUT2D eigenvalue weighted by Gasteiger charge is -2.23. The molecular formula is C7H12F. The Labute approximate surface area is 50.1 Å². The van der Waals surface area contributed by atoms with E-state index in [0.29, 0.717) is 0 Å². The second-order valence-corrected chi connectivity index (χ2v) is 2.73. The van der Waals surface area contributed by atoms with Crippen LogP contribution < -0.4 is 0 Å². The van der Waals surface area contributed by atoms with E-state index < -0.39 is 5.67 Å². The first-order chi connectivity index (χ1) is 3.71. The molecule has 8 heavy (non-hydrogen) atoms. The summed E-state index contributed by atoms with van der Waals surface area (Å²) >= 11 is 0. The van der Waals surface area contributed by atoms with Gasteiger partial charge in [-0.15, -0.1) is 0 Å². The fourth-order valence-electron chi connectivity index (χ4n) is 1.12. The molecule has 1 unspecified atom stereocenters. The molecule has 0 N–H and O–H groups in total. The van der Waals surface area contributed by atoms with Gasteiger partial charge < -0.3 is 0 Å². The average molecular weight is 115 g/mol. The zero-order valence-corrected chi connectivity index (χ0v) is 5.28. The molecule has 1 heteroatoms. The van der Waals surface area contributed by atoms with Gasteiger partial charge in [0.15, 0.2) is 0 Å². The van der Waals surface area contributed by atoms with E-state index in [0.717, 1.165) is 19.3 Å². The fraction of sp³-hybridized carbons (Fsp3) is 0.857. The van der Waals surface area contributed by atoms with Gasteiger partial charge in [-0.2, -0.15) is 0 Å². The number of rotatable bonds is 0. The summed E-state index contributed by atoms with van der Waals surface area (Å²) in [5.41, 5.74) is -0.946. The van der Waals surface area contributed by atoms with Gasteiger partial charge in [0, 0.05) is 0 Å². The van der Waals surface area contributed by atoms with Gasteiger partial charge in [0.2, 0.25) is 0 Å². The van der Waals surface area contributed by atoms with Crippen LogP contribution in [0.2, 0.25) is 0 Å². The largest absolute Gasteiger partial charge is 0.244 e. The molecule has 1 atom stereocenters. The Kier molecular flexibility index (Phi) is 1.54. The molecule has 0 aromatic carbocycles. The highest BCUT2D eigenvalue weighted by molar-refractivity contribution is 4.92. The molecule has 0 aliphatic heterocycles. The van der Waals surface area contributed by atoms with Gasteiger partial charge in [-0.25, -0.2) is 4.39 Å². The third-order valence-corrected chi connectivity index (χ3v) is 1.69. The zero-order chi connectivity index (χ0) is 6.04. The summed E-state index contributed by atoms with van der Waals surface area (Å²) in [6, 6.07) is 0. The fourth-order valence-corrected chi connectivity index (χ4v) is 1.12. The molecule has 0 heterocycles. The third-order valence-electron chi connectivity index (χ3n) is 1.69. The van der Waals surface area contributed by atoms with Crippen LogP contribution in [-0.4, -0.2) is 5.67 Å². The first-order valence-corrected chi connectivity index (χ1v) is 3.24. The van der Waals surface area contributed by atoms with Gasteiger partial charge in [0.05, 0.1) is 0 Å². The zero-order valence-electron chi connectivity index (χ0n) is 5.28. The van der Waals surface area contributed by atoms with E-state index in [9.17, 15) is 4.39 Å². The van der Waals surface area contributed by atoms with E-state index in [-0.39, 0.29) is 0 Å². The maximum Gasteiger partial charge on any atom is 0.111 e. The lowest BCUT2D eigenvalue weighted by Crippen LogP contribution is -2.21. The SMILES string of the molecule is CC1(F)[CH]CCCC1. The summed E-state index contributed by atoms with van der Waals surface area (Å²) in [4.78, 5) is 0. The molecule has 1 rings (SSSR count). The highest BCUT2D eigenvalue weighted by atomic mass is 19.1. The first kappa shape index (κ1) is 6.06. The topological polar surface area (TPSA) is 0 Å². The maximum absolute atomic E-state index is 12.8. The lowest BCUT2D eigenvalue weighted by atomic mass is 9.88. The average Bonchev–Trinajstić information content (AvgIpc) is 1.65. The Morgan fingerprint density at radius 2 is 2.25 bits per heavy atom. The molecule has 1 radical (unpaired) electrons. The Bertz CT molecular complexity index is 68.5. The molecule has 1 fully saturated rings. The quantitative estimate of drug-likeness (QED) is 0.455. The van der Waals surface area contributed by atoms with Crippen molar-refractivity contribution in [2.45, 2.75) is 38.3 Å². The molecule has 47 valence electrons. The van der Waals surface area contributed by atoms with Crippen LogP contribution in [0.1, 0.15) is 32.6 Å². The van der Waals surface area contributed by atoms with E-state index >= 15 is 0 Å². The molecule has 0 bridgehead atoms. The molecular weight excluding hydrogens is 103 g/mol. The van der Waals surface area contributed by atoms with Gasteiger partial charge in [0.1, 0.15) is 5.67 Å². The molecule has 1 saturated carbocycles. The van der Waals surface area contributed by atoms with Crippen LogP contribution in [0, 0.1) is 6.42 Å². The second kappa shape index (κ2) is 2.04. The minimum Gasteiger partial charge on any atom is -0.244 e. The summed E-state index contributed by atoms with van der Waals surface area (Å²) in [5, 5.41) is 0. The van der Waals surface area contributed by atoms with E-state index in [1.807, 2.05) is 0 Å². The van der Waals surface area contributed by atoms with Crippen molar-refractivity contribution in [2.24, 2.45) is 0 Å². The van der Waals surface area contributed by atoms with Crippen molar-refractivity contribution in [1.29, 1.82) is 0 Å². The molecule has 1 aliphatic carbocycles. The second-order valence-electron chi connectivity index (χ2n) is 2.73. The summed E-state index contributed by atoms with van der Waals surface area (Å²) in [7, 11) is 0. The number of alkyl halides is 1. The van der Waals surface area contributed by atoms with Crippen LogP contribution in [0.5, 0.6) is 0 Å². The van der Waals surface area contributed by atoms with Crippen LogP contribution in [0.4, 0.5) is 4.39 Å². The van der Waals surface area contributed by atoms with Crippen LogP contribution in [0.25, 0.3) is 0 Å². The predicted molar refractivity (Wildman–Crippen MR) is 32.3 cm³/mol. The molecule has 0 amide bonds. The van der Waals surface area contributed by atoms with Crippen molar-refractivity contribution in [1.82, 2.24) is 0 Å². The summed E-state index contributed by atoms with van der Waals surface area (Å²) in [6.07, 6.45) is 5.72. The minimum atomic E-state index is -0.946. The predicted octanol–water partition coefficient (Wildman–Crippen LogP) is 2.49. The molecule has 0 saturated heterocycles. The van der Waals surface area contributed by atoms with Crippen molar-refractivity contribution >= 4 is 0 Å². The Hall–Kier alpha value is -0.0700. The van der Waals surface area contributed by atoms with Crippen LogP contribution in [0.15, 0.2) is 0 Å². The van der Waals surface area contributed by atoms with Crippen molar-refractivity contribution in [3.63, 3.8) is 0 Å².